The molecule has 1 aromatic heterocycles. The van der Waals surface area contributed by atoms with Crippen molar-refractivity contribution in [3.05, 3.63) is 18.3 Å². The van der Waals surface area contributed by atoms with E-state index in [2.05, 4.69) is 11.9 Å². The number of aromatic nitrogens is 1. The van der Waals surface area contributed by atoms with Gasteiger partial charge in [0.2, 0.25) is 0 Å². The summed E-state index contributed by atoms with van der Waals surface area (Å²) < 4.78 is 17.1. The molecule has 3 saturated heterocycles. The lowest BCUT2D eigenvalue weighted by molar-refractivity contribution is -0.119. The van der Waals surface area contributed by atoms with E-state index in [0.717, 1.165) is 5.59 Å². The van der Waals surface area contributed by atoms with Gasteiger partial charge in [0.1, 0.15) is 0 Å². The monoisotopic (exact) mass is 194 g/mol. The Morgan fingerprint density at radius 1 is 1.29 bits per heavy atom. The van der Waals surface area contributed by atoms with Gasteiger partial charge in [0.05, 0.1) is 0 Å². The molecule has 0 aromatic carbocycles. The Bertz CT molecular complexity index is 313. The standard InChI is InChI=1S/C9H13BNO3/c1-9-5-12-10(13-6-9,14-7-9)8-3-2-4-11-8/h2-4,11H,5-7H2,1H3/q-1. The van der Waals surface area contributed by atoms with Crippen LogP contribution >= 0.6 is 0 Å². The van der Waals surface area contributed by atoms with E-state index < -0.39 is 6.75 Å². The van der Waals surface area contributed by atoms with Crippen molar-refractivity contribution in [2.75, 3.05) is 19.8 Å². The van der Waals surface area contributed by atoms with Crippen molar-refractivity contribution in [2.45, 2.75) is 6.92 Å². The molecule has 1 N–H and O–H groups in total. The van der Waals surface area contributed by atoms with Gasteiger partial charge in [-0.1, -0.05) is 18.6 Å². The van der Waals surface area contributed by atoms with E-state index in [1.807, 2.05) is 18.3 Å². The average molecular weight is 194 g/mol. The number of aromatic amines is 1. The normalized spacial score (nSPS) is 41.5. The number of H-pyrrole nitrogens is 1. The molecule has 0 saturated carbocycles. The molecule has 3 aliphatic heterocycles. The number of hydrogen-bond donors (Lipinski definition) is 1. The lowest BCUT2D eigenvalue weighted by atomic mass is 9.68. The predicted octanol–water partition coefficient (Wildman–Crippen LogP) is 0.244. The van der Waals surface area contributed by atoms with Crippen LogP contribution < -0.4 is 5.59 Å². The summed E-state index contributed by atoms with van der Waals surface area (Å²) in [5, 5.41) is 0. The Balaban J connectivity index is 1.93. The van der Waals surface area contributed by atoms with Crippen LogP contribution in [-0.4, -0.2) is 31.6 Å². The zero-order valence-electron chi connectivity index (χ0n) is 8.16. The molecule has 4 nitrogen and oxygen atoms in total. The van der Waals surface area contributed by atoms with E-state index in [-0.39, 0.29) is 5.41 Å². The van der Waals surface area contributed by atoms with Crippen LogP contribution in [0.3, 0.4) is 0 Å². The molecule has 1 aromatic rings. The van der Waals surface area contributed by atoms with Gasteiger partial charge in [0, 0.05) is 25.2 Å². The molecule has 0 spiro atoms. The first kappa shape index (κ1) is 8.53. The Morgan fingerprint density at radius 3 is 2.43 bits per heavy atom. The molecule has 0 aliphatic carbocycles. The lowest BCUT2D eigenvalue weighted by Crippen LogP contribution is -2.69. The van der Waals surface area contributed by atoms with Crippen molar-refractivity contribution >= 4 is 12.3 Å². The minimum atomic E-state index is -1.67. The van der Waals surface area contributed by atoms with Crippen molar-refractivity contribution in [3.8, 4) is 0 Å². The summed E-state index contributed by atoms with van der Waals surface area (Å²) in [5.41, 5.74) is 0.933. The Morgan fingerprint density at radius 2 is 1.93 bits per heavy atom. The number of rotatable bonds is 1. The van der Waals surface area contributed by atoms with E-state index in [0.29, 0.717) is 19.8 Å². The highest BCUT2D eigenvalue weighted by Gasteiger charge is 2.47. The summed E-state index contributed by atoms with van der Waals surface area (Å²) >= 11 is 0. The molecule has 0 atom stereocenters. The predicted molar refractivity (Wildman–Crippen MR) is 52.1 cm³/mol. The lowest BCUT2D eigenvalue weighted by Gasteiger charge is -2.57. The zero-order chi connectivity index (χ0) is 9.65. The molecule has 4 rings (SSSR count). The van der Waals surface area contributed by atoms with Gasteiger partial charge in [0.25, 0.3) is 0 Å². The van der Waals surface area contributed by atoms with E-state index in [1.165, 1.54) is 0 Å². The van der Waals surface area contributed by atoms with Crippen LogP contribution in [0.25, 0.3) is 0 Å². The number of nitrogens with one attached hydrogen (secondary N) is 1. The number of fused-ring (bicyclic) bond motifs is 3. The molecule has 14 heavy (non-hydrogen) atoms. The largest absolute Gasteiger partial charge is 0.539 e. The fourth-order valence-electron chi connectivity index (χ4n) is 2.04. The molecule has 76 valence electrons. The maximum Gasteiger partial charge on any atom is 0.425 e. The molecule has 0 unspecified atom stereocenters. The van der Waals surface area contributed by atoms with Gasteiger partial charge >= 0.3 is 6.75 Å². The fourth-order valence-corrected chi connectivity index (χ4v) is 2.04. The minimum Gasteiger partial charge on any atom is -0.539 e. The van der Waals surface area contributed by atoms with Crippen LogP contribution in [0.2, 0.25) is 0 Å². The van der Waals surface area contributed by atoms with Crippen LogP contribution in [-0.2, 0) is 14.0 Å². The van der Waals surface area contributed by atoms with Gasteiger partial charge in [-0.3, -0.25) is 0 Å². The maximum atomic E-state index is 5.70. The molecule has 2 bridgehead atoms. The summed E-state index contributed by atoms with van der Waals surface area (Å²) in [6.45, 7) is 2.59. The van der Waals surface area contributed by atoms with Gasteiger partial charge in [-0.15, -0.1) is 0 Å². The SMILES string of the molecule is CC12CO[B-](c3ccc[nH]3)(OC1)OC2. The first-order chi connectivity index (χ1) is 6.73. The second-order valence-electron chi connectivity index (χ2n) is 4.51. The first-order valence-electron chi connectivity index (χ1n) is 4.92. The topological polar surface area (TPSA) is 43.5 Å². The molecule has 0 amide bonds. The summed E-state index contributed by atoms with van der Waals surface area (Å²) in [7, 11) is 0. The molecule has 3 aliphatic rings. The maximum absolute atomic E-state index is 5.70. The van der Waals surface area contributed by atoms with Crippen LogP contribution in [0.4, 0.5) is 0 Å². The van der Waals surface area contributed by atoms with Crippen molar-refractivity contribution in [1.29, 1.82) is 0 Å². The van der Waals surface area contributed by atoms with Crippen LogP contribution in [0.5, 0.6) is 0 Å². The average Bonchev–Trinajstić information content (AvgIpc) is 2.73. The third-order valence-electron chi connectivity index (χ3n) is 2.96. The third kappa shape index (κ3) is 1.06. The van der Waals surface area contributed by atoms with Crippen LogP contribution in [0.1, 0.15) is 6.92 Å². The molecule has 3 fully saturated rings. The van der Waals surface area contributed by atoms with Gasteiger partial charge in [-0.25, -0.2) is 0 Å². The third-order valence-corrected chi connectivity index (χ3v) is 2.96. The molecule has 0 radical (unpaired) electrons. The van der Waals surface area contributed by atoms with Crippen molar-refractivity contribution in [3.63, 3.8) is 0 Å². The molecule has 4 heterocycles. The second kappa shape index (κ2) is 2.62. The van der Waals surface area contributed by atoms with Gasteiger partial charge in [-0.2, -0.15) is 0 Å². The van der Waals surface area contributed by atoms with Crippen molar-refractivity contribution in [2.24, 2.45) is 5.41 Å². The second-order valence-corrected chi connectivity index (χ2v) is 4.51. The molecular formula is C9H13BNO3-. The van der Waals surface area contributed by atoms with E-state index in [1.54, 1.807) is 0 Å². The number of hydrogen-bond acceptors (Lipinski definition) is 3. The first-order valence-corrected chi connectivity index (χ1v) is 4.92. The van der Waals surface area contributed by atoms with Crippen molar-refractivity contribution in [1.82, 2.24) is 4.98 Å². The van der Waals surface area contributed by atoms with E-state index >= 15 is 0 Å². The highest BCUT2D eigenvalue weighted by molar-refractivity contribution is 6.75. The minimum absolute atomic E-state index is 0.0378. The van der Waals surface area contributed by atoms with Gasteiger partial charge in [0.15, 0.2) is 0 Å². The summed E-state index contributed by atoms with van der Waals surface area (Å²) in [4.78, 5) is 3.09. The summed E-state index contributed by atoms with van der Waals surface area (Å²) in [6, 6.07) is 3.86. The zero-order valence-corrected chi connectivity index (χ0v) is 8.16. The van der Waals surface area contributed by atoms with Crippen molar-refractivity contribution < 1.29 is 14.0 Å². The molecular weight excluding hydrogens is 181 g/mol. The summed E-state index contributed by atoms with van der Waals surface area (Å²) in [6.07, 6.45) is 1.85. The van der Waals surface area contributed by atoms with E-state index in [4.69, 9.17) is 14.0 Å². The van der Waals surface area contributed by atoms with Crippen LogP contribution in [0.15, 0.2) is 18.3 Å². The highest BCUT2D eigenvalue weighted by atomic mass is 16.8. The quantitative estimate of drug-likeness (QED) is 0.651. The van der Waals surface area contributed by atoms with E-state index in [9.17, 15) is 0 Å². The Kier molecular flexibility index (Phi) is 1.60. The highest BCUT2D eigenvalue weighted by Crippen LogP contribution is 2.34. The van der Waals surface area contributed by atoms with Gasteiger partial charge in [-0.05, 0) is 12.3 Å². The Labute approximate surface area is 82.6 Å². The summed E-state index contributed by atoms with van der Waals surface area (Å²) in [5.74, 6) is 0. The smallest absolute Gasteiger partial charge is 0.425 e. The fraction of sp³-hybridized carbons (Fsp3) is 0.556. The van der Waals surface area contributed by atoms with Gasteiger partial charge < -0.3 is 18.9 Å². The van der Waals surface area contributed by atoms with Crippen LogP contribution in [0, 0.1) is 5.41 Å². The Hall–Kier alpha value is -0.775. The molecule has 5 heteroatoms.